The number of hydrogen-bond donors (Lipinski definition) is 3. The Hall–Kier alpha value is -2.67. The molecule has 19 heavy (non-hydrogen) atoms. The molecular weight excluding hydrogens is 242 g/mol. The van der Waals surface area contributed by atoms with Gasteiger partial charge in [0.25, 0.3) is 0 Å². The van der Waals surface area contributed by atoms with Crippen LogP contribution < -0.4 is 16.6 Å². The van der Waals surface area contributed by atoms with E-state index in [4.69, 9.17) is 5.84 Å². The van der Waals surface area contributed by atoms with E-state index >= 15 is 0 Å². The van der Waals surface area contributed by atoms with Crippen LogP contribution in [0.5, 0.6) is 0 Å². The molecule has 0 unspecified atom stereocenters. The molecule has 0 aliphatic rings. The zero-order valence-corrected chi connectivity index (χ0v) is 10.1. The third-order valence-corrected chi connectivity index (χ3v) is 2.70. The molecule has 0 aliphatic heterocycles. The molecule has 7 nitrogen and oxygen atoms in total. The molecule has 0 saturated heterocycles. The lowest BCUT2D eigenvalue weighted by atomic mass is 10.3. The summed E-state index contributed by atoms with van der Waals surface area (Å²) in [6.45, 7) is 0.622. The molecule has 0 radical (unpaired) electrons. The van der Waals surface area contributed by atoms with Gasteiger partial charge < -0.3 is 15.1 Å². The molecule has 7 heteroatoms. The molecule has 0 bridgehead atoms. The van der Waals surface area contributed by atoms with Gasteiger partial charge in [-0.2, -0.15) is 0 Å². The van der Waals surface area contributed by atoms with Crippen molar-refractivity contribution in [3.63, 3.8) is 0 Å². The topological polar surface area (TPSA) is 93.2 Å². The number of imidazole rings is 1. The van der Waals surface area contributed by atoms with Crippen LogP contribution in [-0.4, -0.2) is 19.4 Å². The number of nitrogens with zero attached hydrogens (tertiary/aromatic N) is 4. The largest absolute Gasteiger partial charge is 0.363 e. The molecule has 0 amide bonds. The number of fused-ring (bicyclic) bond motifs is 1. The monoisotopic (exact) mass is 255 g/mol. The van der Waals surface area contributed by atoms with E-state index < -0.39 is 0 Å². The van der Waals surface area contributed by atoms with Crippen molar-refractivity contribution < 1.29 is 0 Å². The van der Waals surface area contributed by atoms with Crippen molar-refractivity contribution in [2.75, 3.05) is 10.7 Å². The lowest BCUT2D eigenvalue weighted by molar-refractivity contribution is 1.05. The zero-order valence-electron chi connectivity index (χ0n) is 10.1. The number of aromatic nitrogens is 4. The molecule has 3 aromatic rings. The van der Waals surface area contributed by atoms with Gasteiger partial charge in [0.1, 0.15) is 0 Å². The second-order valence-electron chi connectivity index (χ2n) is 3.99. The highest BCUT2D eigenvalue weighted by Gasteiger charge is 2.06. The van der Waals surface area contributed by atoms with Gasteiger partial charge in [-0.25, -0.2) is 15.8 Å². The second-order valence-corrected chi connectivity index (χ2v) is 3.99. The number of rotatable bonds is 4. The number of nitrogens with one attached hydrogen (secondary N) is 2. The molecule has 3 aromatic heterocycles. The van der Waals surface area contributed by atoms with Crippen molar-refractivity contribution in [3.8, 4) is 0 Å². The average molecular weight is 255 g/mol. The summed E-state index contributed by atoms with van der Waals surface area (Å²) in [6.07, 6.45) is 8.88. The fraction of sp³-hybridized carbons (Fsp3) is 0.0833. The second kappa shape index (κ2) is 4.91. The quantitative estimate of drug-likeness (QED) is 0.476. The molecule has 3 rings (SSSR count). The van der Waals surface area contributed by atoms with E-state index in [1.165, 1.54) is 0 Å². The number of anilines is 2. The predicted octanol–water partition coefficient (Wildman–Crippen LogP) is 1.02. The maximum atomic E-state index is 5.40. The molecule has 0 fully saturated rings. The lowest BCUT2D eigenvalue weighted by Gasteiger charge is -2.09. The Labute approximate surface area is 109 Å². The van der Waals surface area contributed by atoms with Crippen LogP contribution in [0.15, 0.2) is 43.1 Å². The lowest BCUT2D eigenvalue weighted by Crippen LogP contribution is -2.12. The Morgan fingerprint density at radius 1 is 1.32 bits per heavy atom. The van der Waals surface area contributed by atoms with Gasteiger partial charge in [0.05, 0.1) is 6.20 Å². The highest BCUT2D eigenvalue weighted by atomic mass is 15.3. The van der Waals surface area contributed by atoms with Crippen LogP contribution in [0.3, 0.4) is 0 Å². The number of nitrogens with two attached hydrogens (primary N) is 1. The Bertz CT molecular complexity index is 677. The number of hydrogen-bond acceptors (Lipinski definition) is 6. The summed E-state index contributed by atoms with van der Waals surface area (Å²) in [5, 5.41) is 3.23. The molecule has 0 saturated carbocycles. The molecule has 0 atom stereocenters. The van der Waals surface area contributed by atoms with Crippen molar-refractivity contribution in [2.45, 2.75) is 6.54 Å². The van der Waals surface area contributed by atoms with E-state index in [0.29, 0.717) is 18.2 Å². The van der Waals surface area contributed by atoms with Crippen molar-refractivity contribution in [2.24, 2.45) is 5.84 Å². The minimum Gasteiger partial charge on any atom is -0.363 e. The zero-order chi connectivity index (χ0) is 13.1. The van der Waals surface area contributed by atoms with Crippen LogP contribution in [-0.2, 0) is 6.54 Å². The summed E-state index contributed by atoms with van der Waals surface area (Å²) in [4.78, 5) is 12.7. The molecule has 0 aliphatic carbocycles. The number of pyridine rings is 1. The summed E-state index contributed by atoms with van der Waals surface area (Å²) in [5.74, 6) is 6.64. The van der Waals surface area contributed by atoms with Gasteiger partial charge in [0.2, 0.25) is 0 Å². The first-order valence-electron chi connectivity index (χ1n) is 5.80. The molecular formula is C12H13N7. The Morgan fingerprint density at radius 3 is 3.05 bits per heavy atom. The first kappa shape index (κ1) is 11.4. The van der Waals surface area contributed by atoms with Gasteiger partial charge in [-0.15, -0.1) is 0 Å². The van der Waals surface area contributed by atoms with Crippen LogP contribution in [0.25, 0.3) is 5.65 Å². The Morgan fingerprint density at radius 2 is 2.26 bits per heavy atom. The van der Waals surface area contributed by atoms with Crippen molar-refractivity contribution in [3.05, 3.63) is 48.7 Å². The molecule has 0 spiro atoms. The van der Waals surface area contributed by atoms with Gasteiger partial charge in [0, 0.05) is 31.3 Å². The molecule has 4 N–H and O–H groups in total. The summed E-state index contributed by atoms with van der Waals surface area (Å²) in [7, 11) is 0. The van der Waals surface area contributed by atoms with Crippen molar-refractivity contribution in [1.29, 1.82) is 0 Å². The van der Waals surface area contributed by atoms with E-state index in [1.54, 1.807) is 24.8 Å². The van der Waals surface area contributed by atoms with E-state index in [2.05, 4.69) is 25.7 Å². The molecule has 0 aromatic carbocycles. The van der Waals surface area contributed by atoms with Gasteiger partial charge in [0.15, 0.2) is 17.3 Å². The van der Waals surface area contributed by atoms with Gasteiger partial charge in [-0.1, -0.05) is 6.07 Å². The summed E-state index contributed by atoms with van der Waals surface area (Å²) >= 11 is 0. The number of hydrazine groups is 1. The van der Waals surface area contributed by atoms with Crippen molar-refractivity contribution >= 4 is 17.3 Å². The minimum atomic E-state index is 0.569. The van der Waals surface area contributed by atoms with E-state index in [0.717, 1.165) is 11.2 Å². The standard InChI is InChI=1S/C12H13N7/c13-18-10-8-19-5-4-15-12(19)11(17-10)16-7-9-2-1-3-14-6-9/h1-6,8,18H,7,13H2,(H,16,17). The third-order valence-electron chi connectivity index (χ3n) is 2.70. The summed E-state index contributed by atoms with van der Waals surface area (Å²) < 4.78 is 1.85. The SMILES string of the molecule is NNc1cn2ccnc2c(NCc2cccnc2)n1. The third kappa shape index (κ3) is 2.31. The maximum Gasteiger partial charge on any atom is 0.180 e. The fourth-order valence-electron chi connectivity index (χ4n) is 1.81. The van der Waals surface area contributed by atoms with E-state index in [-0.39, 0.29) is 0 Å². The van der Waals surface area contributed by atoms with Crippen LogP contribution in [0.1, 0.15) is 5.56 Å². The number of nitrogen functional groups attached to an aromatic ring is 1. The molecule has 3 heterocycles. The highest BCUT2D eigenvalue weighted by Crippen LogP contribution is 2.16. The van der Waals surface area contributed by atoms with Gasteiger partial charge in [-0.05, 0) is 11.6 Å². The molecule has 96 valence electrons. The van der Waals surface area contributed by atoms with E-state index in [9.17, 15) is 0 Å². The first-order chi connectivity index (χ1) is 9.36. The van der Waals surface area contributed by atoms with Crippen LogP contribution in [0, 0.1) is 0 Å². The Balaban J connectivity index is 1.89. The van der Waals surface area contributed by atoms with Crippen LogP contribution in [0.4, 0.5) is 11.6 Å². The normalized spacial score (nSPS) is 10.6. The van der Waals surface area contributed by atoms with Gasteiger partial charge >= 0.3 is 0 Å². The summed E-state index contributed by atoms with van der Waals surface area (Å²) in [5.41, 5.74) is 4.36. The smallest absolute Gasteiger partial charge is 0.180 e. The fourth-order valence-corrected chi connectivity index (χ4v) is 1.81. The highest BCUT2D eigenvalue weighted by molar-refractivity contribution is 5.65. The van der Waals surface area contributed by atoms with Crippen LogP contribution >= 0.6 is 0 Å². The predicted molar refractivity (Wildman–Crippen MR) is 72.4 cm³/mol. The van der Waals surface area contributed by atoms with Crippen molar-refractivity contribution in [1.82, 2.24) is 19.4 Å². The van der Waals surface area contributed by atoms with Gasteiger partial charge in [-0.3, -0.25) is 4.98 Å². The van der Waals surface area contributed by atoms with E-state index in [1.807, 2.05) is 22.7 Å². The maximum absolute atomic E-state index is 5.40. The van der Waals surface area contributed by atoms with Crippen LogP contribution in [0.2, 0.25) is 0 Å². The minimum absolute atomic E-state index is 0.569. The Kier molecular flexibility index (Phi) is 2.95. The average Bonchev–Trinajstić information content (AvgIpc) is 2.94. The first-order valence-corrected chi connectivity index (χ1v) is 5.80. The summed E-state index contributed by atoms with van der Waals surface area (Å²) in [6, 6.07) is 3.89.